The molecule has 1 unspecified atom stereocenters. The zero-order valence-corrected chi connectivity index (χ0v) is 16.1. The van der Waals surface area contributed by atoms with Crippen LogP contribution in [0.2, 0.25) is 0 Å². The minimum absolute atomic E-state index is 0.219. The van der Waals surface area contributed by atoms with Crippen LogP contribution < -0.4 is 17.0 Å². The average Bonchev–Trinajstić information content (AvgIpc) is 3.30. The molecule has 12 nitrogen and oxygen atoms in total. The van der Waals surface area contributed by atoms with Gasteiger partial charge in [-0.25, -0.2) is 24.9 Å². The number of hydroxylamine groups is 1. The molecule has 2 aromatic rings. The molecule has 0 saturated heterocycles. The Labute approximate surface area is 155 Å². The van der Waals surface area contributed by atoms with Gasteiger partial charge in [-0.3, -0.25) is 19.0 Å². The molecule has 27 heavy (non-hydrogen) atoms. The number of H-pyrrole nitrogens is 2. The first-order chi connectivity index (χ1) is 12.6. The van der Waals surface area contributed by atoms with Crippen LogP contribution in [0.5, 0.6) is 0 Å². The van der Waals surface area contributed by atoms with Crippen LogP contribution in [0.3, 0.4) is 0 Å². The van der Waals surface area contributed by atoms with Gasteiger partial charge in [0.25, 0.3) is 6.41 Å². The predicted octanol–water partition coefficient (Wildman–Crippen LogP) is 0.824. The van der Waals surface area contributed by atoms with Crippen molar-refractivity contribution in [2.24, 2.45) is 10.9 Å². The first-order valence-corrected chi connectivity index (χ1v) is 8.39. The summed E-state index contributed by atoms with van der Waals surface area (Å²) in [4.78, 5) is 33.8. The Balaban J connectivity index is 0.000000202. The average molecular weight is 386 g/mol. The second-order valence-corrected chi connectivity index (χ2v) is 6.49. The number of hydrogen-bond acceptors (Lipinski definition) is 10. The molecule has 3 heterocycles. The Kier molecular flexibility index (Phi) is 8.62. The molecule has 1 atom stereocenters. The summed E-state index contributed by atoms with van der Waals surface area (Å²) in [7, 11) is 0. The van der Waals surface area contributed by atoms with E-state index in [1.165, 1.54) is 0 Å². The Morgan fingerprint density at radius 3 is 1.44 bits per heavy atom. The van der Waals surface area contributed by atoms with Crippen LogP contribution in [-0.4, -0.2) is 37.6 Å². The van der Waals surface area contributed by atoms with Gasteiger partial charge in [-0.15, -0.1) is 0 Å². The highest BCUT2D eigenvalue weighted by Crippen LogP contribution is 2.04. The maximum Gasteiger partial charge on any atom is 0.438 e. The van der Waals surface area contributed by atoms with Gasteiger partial charge in [0, 0.05) is 17.8 Å². The maximum atomic E-state index is 10.3. The molecule has 4 N–H and O–H groups in total. The Bertz CT molecular complexity index is 763. The second kappa shape index (κ2) is 10.4. The molecular formula is C15H26N6O6. The lowest BCUT2D eigenvalue weighted by Gasteiger charge is -2.01. The zero-order valence-electron chi connectivity index (χ0n) is 16.1. The molecule has 0 amide bonds. The van der Waals surface area contributed by atoms with Crippen LogP contribution in [-0.2, 0) is 4.84 Å². The lowest BCUT2D eigenvalue weighted by molar-refractivity contribution is -0.102. The summed E-state index contributed by atoms with van der Waals surface area (Å²) < 4.78 is 8.53. The van der Waals surface area contributed by atoms with E-state index in [4.69, 9.17) is 5.11 Å². The summed E-state index contributed by atoms with van der Waals surface area (Å²) >= 11 is 0. The fraction of sp³-hybridized carbons (Fsp3) is 0.667. The quantitative estimate of drug-likeness (QED) is 0.596. The lowest BCUT2D eigenvalue weighted by atomic mass is 10.2. The first-order valence-electron chi connectivity index (χ1n) is 8.39. The van der Waals surface area contributed by atoms with Crippen molar-refractivity contribution in [1.29, 1.82) is 0 Å². The molecule has 1 aliphatic rings. The van der Waals surface area contributed by atoms with E-state index in [0.29, 0.717) is 17.5 Å². The highest BCUT2D eigenvalue weighted by molar-refractivity contribution is 5.83. The number of rotatable bonds is 3. The minimum atomic E-state index is -1.01. The number of aliphatic hydroxyl groups excluding tert-OH is 1. The minimum Gasteiger partial charge on any atom is -0.348 e. The van der Waals surface area contributed by atoms with Crippen molar-refractivity contribution in [2.75, 3.05) is 0 Å². The molecule has 0 aromatic carbocycles. The van der Waals surface area contributed by atoms with Gasteiger partial charge in [-0.1, -0.05) is 51.9 Å². The van der Waals surface area contributed by atoms with E-state index in [-0.39, 0.29) is 17.8 Å². The van der Waals surface area contributed by atoms with Gasteiger partial charge in [-0.05, 0) is 0 Å². The van der Waals surface area contributed by atoms with Crippen molar-refractivity contribution < 1.29 is 19.0 Å². The Morgan fingerprint density at radius 2 is 1.30 bits per heavy atom. The fourth-order valence-electron chi connectivity index (χ4n) is 1.53. The number of aliphatic imine (C=N–C) groups is 1. The van der Waals surface area contributed by atoms with E-state index < -0.39 is 17.9 Å². The van der Waals surface area contributed by atoms with Gasteiger partial charge in [0.05, 0.1) is 0 Å². The summed E-state index contributed by atoms with van der Waals surface area (Å²) in [5.74, 6) is 1.63. The Hall–Kier alpha value is -2.73. The summed E-state index contributed by atoms with van der Waals surface area (Å²) in [6, 6.07) is 0. The number of aromatic amines is 2. The van der Waals surface area contributed by atoms with Crippen LogP contribution in [0, 0.1) is 5.92 Å². The van der Waals surface area contributed by atoms with Gasteiger partial charge in [-0.2, -0.15) is 0 Å². The van der Waals surface area contributed by atoms with Gasteiger partial charge in [0.15, 0.2) is 11.6 Å². The summed E-state index contributed by atoms with van der Waals surface area (Å²) in [6.45, 7) is 11.6. The summed E-state index contributed by atoms with van der Waals surface area (Å²) in [6.07, 6.45) is -1.01. The number of aliphatic hydroxyl groups is 1. The number of aromatic nitrogens is 4. The van der Waals surface area contributed by atoms with Gasteiger partial charge >= 0.3 is 11.5 Å². The molecule has 1 aliphatic heterocycles. The number of nitrogens with one attached hydrogen (secondary N) is 3. The topological polar surface area (TPSA) is 172 Å². The SMILES string of the molecule is CC(C)C1=NC(O)ON1.CC(C)c1noc(=O)[nH]1.CC(C)c1noc(=O)[nH]1. The van der Waals surface area contributed by atoms with E-state index in [9.17, 15) is 9.59 Å². The molecule has 152 valence electrons. The monoisotopic (exact) mass is 386 g/mol. The van der Waals surface area contributed by atoms with E-state index in [0.717, 1.165) is 0 Å². The largest absolute Gasteiger partial charge is 0.438 e. The molecule has 0 radical (unpaired) electrons. The molecule has 0 spiro atoms. The van der Waals surface area contributed by atoms with Crippen LogP contribution >= 0.6 is 0 Å². The number of nitrogens with zero attached hydrogens (tertiary/aromatic N) is 3. The van der Waals surface area contributed by atoms with Crippen LogP contribution in [0.25, 0.3) is 0 Å². The third-order valence-corrected chi connectivity index (χ3v) is 3.07. The zero-order chi connectivity index (χ0) is 20.6. The van der Waals surface area contributed by atoms with Crippen LogP contribution in [0.15, 0.2) is 23.6 Å². The van der Waals surface area contributed by atoms with Crippen molar-refractivity contribution in [2.45, 2.75) is 59.8 Å². The standard InChI is InChI=1S/C5H10N2O2.2C5H8N2O2/c3*1-3(2)4-6-5(8)9-7-4/h3,5,8H,1-2H3,(H,6,7);2*3H,1-2H3,(H,6,7,8). The van der Waals surface area contributed by atoms with Crippen molar-refractivity contribution in [1.82, 2.24) is 25.8 Å². The molecular weight excluding hydrogens is 360 g/mol. The lowest BCUT2D eigenvalue weighted by Crippen LogP contribution is -2.22. The molecule has 3 rings (SSSR count). The molecule has 0 fully saturated rings. The van der Waals surface area contributed by atoms with Crippen LogP contribution in [0.1, 0.15) is 65.0 Å². The first kappa shape index (κ1) is 22.3. The second-order valence-electron chi connectivity index (χ2n) is 6.49. The van der Waals surface area contributed by atoms with Gasteiger partial charge in [0.1, 0.15) is 5.84 Å². The van der Waals surface area contributed by atoms with Crippen LogP contribution in [0.4, 0.5) is 0 Å². The van der Waals surface area contributed by atoms with Crippen molar-refractivity contribution in [3.8, 4) is 0 Å². The van der Waals surface area contributed by atoms with Crippen molar-refractivity contribution in [3.05, 3.63) is 32.8 Å². The fourth-order valence-corrected chi connectivity index (χ4v) is 1.53. The molecule has 2 aromatic heterocycles. The summed E-state index contributed by atoms with van der Waals surface area (Å²) in [5.41, 5.74) is 2.51. The van der Waals surface area contributed by atoms with E-state index >= 15 is 0 Å². The highest BCUT2D eigenvalue weighted by Gasteiger charge is 2.16. The molecule has 0 aliphatic carbocycles. The van der Waals surface area contributed by atoms with E-state index in [1.54, 1.807) is 0 Å². The maximum absolute atomic E-state index is 10.3. The third-order valence-electron chi connectivity index (χ3n) is 3.07. The van der Waals surface area contributed by atoms with Crippen molar-refractivity contribution >= 4 is 5.84 Å². The third kappa shape index (κ3) is 8.00. The smallest absolute Gasteiger partial charge is 0.348 e. The highest BCUT2D eigenvalue weighted by atomic mass is 16.7. The van der Waals surface area contributed by atoms with Gasteiger partial charge < -0.3 is 5.11 Å². The Morgan fingerprint density at radius 1 is 0.852 bits per heavy atom. The van der Waals surface area contributed by atoms with Gasteiger partial charge in [0.2, 0.25) is 0 Å². The number of hydrogen-bond donors (Lipinski definition) is 4. The normalized spacial score (nSPS) is 15.8. The summed E-state index contributed by atoms with van der Waals surface area (Å²) in [5, 5.41) is 15.6. The molecule has 0 saturated carbocycles. The number of amidine groups is 1. The molecule has 12 heteroatoms. The van der Waals surface area contributed by atoms with Crippen molar-refractivity contribution in [3.63, 3.8) is 0 Å². The predicted molar refractivity (Wildman–Crippen MR) is 94.9 cm³/mol. The van der Waals surface area contributed by atoms with E-state index in [1.807, 2.05) is 41.5 Å². The van der Waals surface area contributed by atoms with E-state index in [2.05, 4.69) is 44.6 Å². The molecule has 0 bridgehead atoms.